The Labute approximate surface area is 120 Å². The van der Waals surface area contributed by atoms with Gasteiger partial charge >= 0.3 is 0 Å². The summed E-state index contributed by atoms with van der Waals surface area (Å²) in [7, 11) is 0. The van der Waals surface area contributed by atoms with E-state index in [0.717, 1.165) is 16.9 Å². The maximum absolute atomic E-state index is 12.5. The minimum Gasteiger partial charge on any atom is -0.459 e. The van der Waals surface area contributed by atoms with Gasteiger partial charge in [-0.1, -0.05) is 23.4 Å². The Hall–Kier alpha value is -2.89. The lowest BCUT2D eigenvalue weighted by atomic mass is 10.1. The molecule has 104 valence electrons. The fourth-order valence-electron chi connectivity index (χ4n) is 2.57. The summed E-state index contributed by atoms with van der Waals surface area (Å²) in [5, 5.41) is 8.07. The topological polar surface area (TPSA) is 64.2 Å². The van der Waals surface area contributed by atoms with Crippen LogP contribution in [0.2, 0.25) is 0 Å². The second-order valence-electron chi connectivity index (χ2n) is 4.90. The first kappa shape index (κ1) is 11.9. The SMILES string of the molecule is O=C(c1ccco1)N1Cc2ccccc2-n2nncc2C1. The third kappa shape index (κ3) is 1.92. The van der Waals surface area contributed by atoms with Crippen molar-refractivity contribution < 1.29 is 9.21 Å². The Balaban J connectivity index is 1.79. The number of hydrogen-bond donors (Lipinski definition) is 0. The van der Waals surface area contributed by atoms with E-state index < -0.39 is 0 Å². The fourth-order valence-corrected chi connectivity index (χ4v) is 2.57. The van der Waals surface area contributed by atoms with E-state index in [4.69, 9.17) is 4.42 Å². The van der Waals surface area contributed by atoms with Crippen molar-refractivity contribution in [3.8, 4) is 5.69 Å². The number of benzene rings is 1. The Bertz CT molecular complexity index is 792. The molecule has 0 N–H and O–H groups in total. The molecule has 0 atom stereocenters. The van der Waals surface area contributed by atoms with Crippen molar-refractivity contribution in [3.63, 3.8) is 0 Å². The molecule has 1 amide bonds. The van der Waals surface area contributed by atoms with Gasteiger partial charge in [-0.05, 0) is 23.8 Å². The molecule has 0 saturated carbocycles. The molecule has 0 radical (unpaired) electrons. The van der Waals surface area contributed by atoms with Crippen LogP contribution in [0.1, 0.15) is 21.8 Å². The van der Waals surface area contributed by atoms with Gasteiger partial charge in [0.15, 0.2) is 5.76 Å². The highest BCUT2D eigenvalue weighted by Crippen LogP contribution is 2.24. The third-order valence-corrected chi connectivity index (χ3v) is 3.57. The Kier molecular flexibility index (Phi) is 2.60. The van der Waals surface area contributed by atoms with Crippen LogP contribution in [0.15, 0.2) is 53.3 Å². The number of para-hydroxylation sites is 1. The van der Waals surface area contributed by atoms with E-state index in [1.54, 1.807) is 27.9 Å². The molecule has 0 aliphatic carbocycles. The van der Waals surface area contributed by atoms with Crippen molar-refractivity contribution in [2.45, 2.75) is 13.1 Å². The highest BCUT2D eigenvalue weighted by Gasteiger charge is 2.25. The lowest BCUT2D eigenvalue weighted by Gasteiger charge is -2.19. The number of carbonyl (C=O) groups excluding carboxylic acids is 1. The van der Waals surface area contributed by atoms with Crippen LogP contribution in [0, 0.1) is 0 Å². The van der Waals surface area contributed by atoms with E-state index in [1.165, 1.54) is 6.26 Å². The van der Waals surface area contributed by atoms with E-state index in [-0.39, 0.29) is 5.91 Å². The third-order valence-electron chi connectivity index (χ3n) is 3.57. The Morgan fingerprint density at radius 1 is 1.14 bits per heavy atom. The molecule has 6 heteroatoms. The lowest BCUT2D eigenvalue weighted by molar-refractivity contribution is 0.0698. The van der Waals surface area contributed by atoms with Crippen LogP contribution < -0.4 is 0 Å². The van der Waals surface area contributed by atoms with Crippen molar-refractivity contribution in [3.05, 3.63) is 65.9 Å². The maximum atomic E-state index is 12.5. The van der Waals surface area contributed by atoms with Gasteiger partial charge in [0.05, 0.1) is 30.4 Å². The molecule has 0 fully saturated rings. The molecule has 0 spiro atoms. The lowest BCUT2D eigenvalue weighted by Crippen LogP contribution is -2.29. The van der Waals surface area contributed by atoms with Gasteiger partial charge in [-0.15, -0.1) is 5.10 Å². The minimum atomic E-state index is -0.135. The van der Waals surface area contributed by atoms with E-state index in [1.807, 2.05) is 24.3 Å². The van der Waals surface area contributed by atoms with Gasteiger partial charge < -0.3 is 9.32 Å². The van der Waals surface area contributed by atoms with Crippen molar-refractivity contribution >= 4 is 5.91 Å². The van der Waals surface area contributed by atoms with Crippen molar-refractivity contribution in [1.82, 2.24) is 19.9 Å². The molecule has 2 aromatic heterocycles. The van der Waals surface area contributed by atoms with Crippen LogP contribution in [-0.2, 0) is 13.1 Å². The zero-order chi connectivity index (χ0) is 14.2. The molecule has 0 saturated heterocycles. The molecular formula is C15H12N4O2. The number of fused-ring (bicyclic) bond motifs is 3. The van der Waals surface area contributed by atoms with Gasteiger partial charge in [-0.3, -0.25) is 4.79 Å². The molecule has 1 aliphatic rings. The first-order chi connectivity index (χ1) is 10.3. The van der Waals surface area contributed by atoms with E-state index in [0.29, 0.717) is 18.8 Å². The van der Waals surface area contributed by atoms with E-state index >= 15 is 0 Å². The first-order valence-electron chi connectivity index (χ1n) is 6.63. The summed E-state index contributed by atoms with van der Waals surface area (Å²) in [6.07, 6.45) is 3.19. The van der Waals surface area contributed by atoms with Gasteiger partial charge in [-0.2, -0.15) is 0 Å². The van der Waals surface area contributed by atoms with Gasteiger partial charge in [0, 0.05) is 6.54 Å². The van der Waals surface area contributed by atoms with Crippen LogP contribution in [0.4, 0.5) is 0 Å². The molecule has 3 heterocycles. The fraction of sp³-hybridized carbons (Fsp3) is 0.133. The average molecular weight is 280 g/mol. The highest BCUT2D eigenvalue weighted by molar-refractivity contribution is 5.91. The van der Waals surface area contributed by atoms with Crippen molar-refractivity contribution in [2.75, 3.05) is 0 Å². The summed E-state index contributed by atoms with van der Waals surface area (Å²) in [6, 6.07) is 11.3. The monoisotopic (exact) mass is 280 g/mol. The van der Waals surface area contributed by atoms with Gasteiger partial charge in [0.1, 0.15) is 0 Å². The predicted molar refractivity (Wildman–Crippen MR) is 73.6 cm³/mol. The number of rotatable bonds is 1. The quantitative estimate of drug-likeness (QED) is 0.684. The van der Waals surface area contributed by atoms with Crippen molar-refractivity contribution in [1.29, 1.82) is 0 Å². The molecular weight excluding hydrogens is 268 g/mol. The minimum absolute atomic E-state index is 0.135. The Morgan fingerprint density at radius 2 is 2.05 bits per heavy atom. The molecule has 21 heavy (non-hydrogen) atoms. The van der Waals surface area contributed by atoms with Gasteiger partial charge in [-0.25, -0.2) is 4.68 Å². The number of carbonyl (C=O) groups is 1. The van der Waals surface area contributed by atoms with Crippen LogP contribution >= 0.6 is 0 Å². The van der Waals surface area contributed by atoms with Gasteiger partial charge in [0.25, 0.3) is 5.91 Å². The maximum Gasteiger partial charge on any atom is 0.290 e. The highest BCUT2D eigenvalue weighted by atomic mass is 16.3. The molecule has 6 nitrogen and oxygen atoms in total. The zero-order valence-corrected chi connectivity index (χ0v) is 11.1. The summed E-state index contributed by atoms with van der Waals surface area (Å²) in [6.45, 7) is 0.959. The molecule has 0 unspecified atom stereocenters. The normalized spacial score (nSPS) is 13.4. The summed E-state index contributed by atoms with van der Waals surface area (Å²) in [5.74, 6) is 0.206. The summed E-state index contributed by atoms with van der Waals surface area (Å²) in [5.41, 5.74) is 2.86. The van der Waals surface area contributed by atoms with Crippen LogP contribution in [0.25, 0.3) is 5.69 Å². The number of amides is 1. The average Bonchev–Trinajstić information content (AvgIpc) is 3.16. The van der Waals surface area contributed by atoms with E-state index in [9.17, 15) is 4.79 Å². The second kappa shape index (κ2) is 4.59. The van der Waals surface area contributed by atoms with E-state index in [2.05, 4.69) is 10.3 Å². The van der Waals surface area contributed by atoms with Gasteiger partial charge in [0.2, 0.25) is 0 Å². The first-order valence-corrected chi connectivity index (χ1v) is 6.63. The number of aromatic nitrogens is 3. The molecule has 1 aromatic carbocycles. The number of furan rings is 1. The number of hydrogen-bond acceptors (Lipinski definition) is 4. The number of nitrogens with zero attached hydrogens (tertiary/aromatic N) is 4. The molecule has 4 rings (SSSR count). The van der Waals surface area contributed by atoms with Crippen molar-refractivity contribution in [2.24, 2.45) is 0 Å². The summed E-state index contributed by atoms with van der Waals surface area (Å²) < 4.78 is 7.00. The zero-order valence-electron chi connectivity index (χ0n) is 11.1. The molecule has 0 bridgehead atoms. The predicted octanol–water partition coefficient (Wildman–Crippen LogP) is 2.02. The smallest absolute Gasteiger partial charge is 0.290 e. The largest absolute Gasteiger partial charge is 0.459 e. The Morgan fingerprint density at radius 3 is 2.90 bits per heavy atom. The summed E-state index contributed by atoms with van der Waals surface area (Å²) >= 11 is 0. The van der Waals surface area contributed by atoms with Crippen LogP contribution in [0.5, 0.6) is 0 Å². The van der Waals surface area contributed by atoms with Crippen LogP contribution in [-0.4, -0.2) is 25.8 Å². The standard InChI is InChI=1S/C15H12N4O2/c20-15(14-6-3-7-21-14)18-9-11-4-1-2-5-13(11)19-12(10-18)8-16-17-19/h1-8H,9-10H2. The second-order valence-corrected chi connectivity index (χ2v) is 4.90. The molecule has 3 aromatic rings. The molecule has 1 aliphatic heterocycles. The van der Waals surface area contributed by atoms with Crippen LogP contribution in [0.3, 0.4) is 0 Å². The summed E-state index contributed by atoms with van der Waals surface area (Å²) in [4.78, 5) is 14.3.